The van der Waals surface area contributed by atoms with Gasteiger partial charge >= 0.3 is 0 Å². The van der Waals surface area contributed by atoms with Gasteiger partial charge in [0.05, 0.1) is 0 Å². The lowest BCUT2D eigenvalue weighted by Gasteiger charge is -2.21. The standard InChI is InChI=1S/C19H22N2O2/c22-19(16-9-11-20-12-10-16)21-14-15-5-4-8-18(13-15)23-17-6-2-1-3-7-17/h1-8,13,16,20H,9-12,14H2,(H,21,22). The molecule has 120 valence electrons. The van der Waals surface area contributed by atoms with Crippen molar-refractivity contribution in [3.63, 3.8) is 0 Å². The summed E-state index contributed by atoms with van der Waals surface area (Å²) in [6, 6.07) is 17.5. The van der Waals surface area contributed by atoms with Crippen molar-refractivity contribution in [1.29, 1.82) is 0 Å². The van der Waals surface area contributed by atoms with Gasteiger partial charge < -0.3 is 15.4 Å². The Balaban J connectivity index is 1.56. The summed E-state index contributed by atoms with van der Waals surface area (Å²) >= 11 is 0. The summed E-state index contributed by atoms with van der Waals surface area (Å²) in [5.41, 5.74) is 1.04. The first-order valence-electron chi connectivity index (χ1n) is 8.11. The summed E-state index contributed by atoms with van der Waals surface area (Å²) in [6.45, 7) is 2.39. The van der Waals surface area contributed by atoms with Gasteiger partial charge in [-0.2, -0.15) is 0 Å². The van der Waals surface area contributed by atoms with Crippen LogP contribution in [0.25, 0.3) is 0 Å². The molecule has 0 radical (unpaired) electrons. The third-order valence-corrected chi connectivity index (χ3v) is 4.05. The molecular weight excluding hydrogens is 288 g/mol. The van der Waals surface area contributed by atoms with Crippen molar-refractivity contribution in [2.24, 2.45) is 5.92 Å². The first-order chi connectivity index (χ1) is 11.3. The van der Waals surface area contributed by atoms with Crippen LogP contribution >= 0.6 is 0 Å². The molecule has 1 saturated heterocycles. The van der Waals surface area contributed by atoms with E-state index >= 15 is 0 Å². The Labute approximate surface area is 136 Å². The molecule has 2 N–H and O–H groups in total. The molecule has 4 nitrogen and oxygen atoms in total. The maximum Gasteiger partial charge on any atom is 0.223 e. The summed E-state index contributed by atoms with van der Waals surface area (Å²) in [7, 11) is 0. The van der Waals surface area contributed by atoms with E-state index < -0.39 is 0 Å². The van der Waals surface area contributed by atoms with Gasteiger partial charge in [0.25, 0.3) is 0 Å². The van der Waals surface area contributed by atoms with Crippen LogP contribution in [-0.2, 0) is 11.3 Å². The van der Waals surface area contributed by atoms with Crippen LogP contribution in [-0.4, -0.2) is 19.0 Å². The number of carbonyl (C=O) groups is 1. The lowest BCUT2D eigenvalue weighted by Crippen LogP contribution is -2.37. The smallest absolute Gasteiger partial charge is 0.223 e. The van der Waals surface area contributed by atoms with Crippen LogP contribution in [0.2, 0.25) is 0 Å². The highest BCUT2D eigenvalue weighted by Crippen LogP contribution is 2.22. The molecule has 0 aliphatic carbocycles. The third-order valence-electron chi connectivity index (χ3n) is 4.05. The summed E-state index contributed by atoms with van der Waals surface area (Å²) in [5.74, 6) is 1.88. The van der Waals surface area contributed by atoms with E-state index in [9.17, 15) is 4.79 Å². The average Bonchev–Trinajstić information content (AvgIpc) is 2.62. The summed E-state index contributed by atoms with van der Waals surface area (Å²) < 4.78 is 5.82. The van der Waals surface area contributed by atoms with Crippen LogP contribution in [0, 0.1) is 5.92 Å². The van der Waals surface area contributed by atoms with Crippen LogP contribution in [0.4, 0.5) is 0 Å². The van der Waals surface area contributed by atoms with Crippen LogP contribution in [0.5, 0.6) is 11.5 Å². The first kappa shape index (κ1) is 15.6. The number of piperidine rings is 1. The topological polar surface area (TPSA) is 50.4 Å². The van der Waals surface area contributed by atoms with Gasteiger partial charge in [0.15, 0.2) is 0 Å². The minimum absolute atomic E-state index is 0.139. The van der Waals surface area contributed by atoms with Gasteiger partial charge in [-0.3, -0.25) is 4.79 Å². The molecule has 0 saturated carbocycles. The predicted octanol–water partition coefficient (Wildman–Crippen LogP) is 3.09. The highest BCUT2D eigenvalue weighted by Gasteiger charge is 2.20. The van der Waals surface area contributed by atoms with E-state index in [1.165, 1.54) is 0 Å². The van der Waals surface area contributed by atoms with Gasteiger partial charge in [0, 0.05) is 12.5 Å². The molecule has 3 rings (SSSR count). The highest BCUT2D eigenvalue weighted by molar-refractivity contribution is 5.78. The normalized spacial score (nSPS) is 15.1. The van der Waals surface area contributed by atoms with E-state index in [1.807, 2.05) is 54.6 Å². The molecular formula is C19H22N2O2. The van der Waals surface area contributed by atoms with Gasteiger partial charge in [-0.25, -0.2) is 0 Å². The molecule has 0 bridgehead atoms. The lowest BCUT2D eigenvalue weighted by atomic mass is 9.97. The number of carbonyl (C=O) groups excluding carboxylic acids is 1. The third kappa shape index (κ3) is 4.57. The van der Waals surface area contributed by atoms with Gasteiger partial charge in [-0.05, 0) is 55.8 Å². The number of ether oxygens (including phenoxy) is 1. The van der Waals surface area contributed by atoms with Crippen molar-refractivity contribution in [1.82, 2.24) is 10.6 Å². The molecule has 1 heterocycles. The monoisotopic (exact) mass is 310 g/mol. The number of para-hydroxylation sites is 1. The maximum atomic E-state index is 12.2. The quantitative estimate of drug-likeness (QED) is 0.892. The molecule has 2 aromatic carbocycles. The Morgan fingerprint density at radius 2 is 1.78 bits per heavy atom. The number of rotatable bonds is 5. The molecule has 0 atom stereocenters. The molecule has 1 aliphatic rings. The number of hydrogen-bond donors (Lipinski definition) is 2. The Hall–Kier alpha value is -2.33. The summed E-state index contributed by atoms with van der Waals surface area (Å²) in [4.78, 5) is 12.2. The van der Waals surface area contributed by atoms with Gasteiger partial charge in [0.1, 0.15) is 11.5 Å². The van der Waals surface area contributed by atoms with Crippen molar-refractivity contribution >= 4 is 5.91 Å². The van der Waals surface area contributed by atoms with E-state index in [4.69, 9.17) is 4.74 Å². The van der Waals surface area contributed by atoms with Crippen LogP contribution < -0.4 is 15.4 Å². The molecule has 4 heteroatoms. The van der Waals surface area contributed by atoms with Crippen LogP contribution in [0.15, 0.2) is 54.6 Å². The molecule has 0 aromatic heterocycles. The second-order valence-corrected chi connectivity index (χ2v) is 5.80. The minimum atomic E-state index is 0.139. The largest absolute Gasteiger partial charge is 0.457 e. The van der Waals surface area contributed by atoms with Crippen molar-refractivity contribution in [2.75, 3.05) is 13.1 Å². The fraction of sp³-hybridized carbons (Fsp3) is 0.316. The fourth-order valence-corrected chi connectivity index (χ4v) is 2.76. The maximum absolute atomic E-state index is 12.2. The minimum Gasteiger partial charge on any atom is -0.457 e. The summed E-state index contributed by atoms with van der Waals surface area (Å²) in [5, 5.41) is 6.31. The fourth-order valence-electron chi connectivity index (χ4n) is 2.76. The second kappa shape index (κ2) is 7.79. The first-order valence-corrected chi connectivity index (χ1v) is 8.11. The Kier molecular flexibility index (Phi) is 5.27. The van der Waals surface area contributed by atoms with Gasteiger partial charge in [0.2, 0.25) is 5.91 Å². The zero-order valence-corrected chi connectivity index (χ0v) is 13.1. The Bertz CT molecular complexity index is 637. The molecule has 2 aromatic rings. The number of amides is 1. The second-order valence-electron chi connectivity index (χ2n) is 5.80. The van der Waals surface area contributed by atoms with Crippen LogP contribution in [0.1, 0.15) is 18.4 Å². The predicted molar refractivity (Wildman–Crippen MR) is 90.4 cm³/mol. The van der Waals surface area contributed by atoms with E-state index in [-0.39, 0.29) is 11.8 Å². The highest BCUT2D eigenvalue weighted by atomic mass is 16.5. The summed E-state index contributed by atoms with van der Waals surface area (Å²) in [6.07, 6.45) is 1.84. The van der Waals surface area contributed by atoms with Crippen molar-refractivity contribution in [2.45, 2.75) is 19.4 Å². The number of nitrogens with one attached hydrogen (secondary N) is 2. The van der Waals surface area contributed by atoms with Crippen molar-refractivity contribution in [3.8, 4) is 11.5 Å². The average molecular weight is 310 g/mol. The van der Waals surface area contributed by atoms with Gasteiger partial charge in [-0.15, -0.1) is 0 Å². The Morgan fingerprint density at radius 3 is 2.57 bits per heavy atom. The van der Waals surface area contributed by atoms with E-state index in [0.717, 1.165) is 43.0 Å². The van der Waals surface area contributed by atoms with E-state index in [2.05, 4.69) is 10.6 Å². The van der Waals surface area contributed by atoms with Crippen molar-refractivity contribution < 1.29 is 9.53 Å². The molecule has 1 aliphatic heterocycles. The lowest BCUT2D eigenvalue weighted by molar-refractivity contribution is -0.125. The Morgan fingerprint density at radius 1 is 1.04 bits per heavy atom. The molecule has 1 fully saturated rings. The van der Waals surface area contributed by atoms with E-state index in [1.54, 1.807) is 0 Å². The molecule has 23 heavy (non-hydrogen) atoms. The number of hydrogen-bond acceptors (Lipinski definition) is 3. The van der Waals surface area contributed by atoms with Gasteiger partial charge in [-0.1, -0.05) is 30.3 Å². The van der Waals surface area contributed by atoms with Crippen LogP contribution in [0.3, 0.4) is 0 Å². The van der Waals surface area contributed by atoms with Crippen molar-refractivity contribution in [3.05, 3.63) is 60.2 Å². The number of benzene rings is 2. The zero-order chi connectivity index (χ0) is 15.9. The molecule has 0 spiro atoms. The molecule has 1 amide bonds. The molecule has 0 unspecified atom stereocenters. The zero-order valence-electron chi connectivity index (χ0n) is 13.1. The SMILES string of the molecule is O=C(NCc1cccc(Oc2ccccc2)c1)C1CCNCC1. The van der Waals surface area contributed by atoms with E-state index in [0.29, 0.717) is 6.54 Å².